The number of ether oxygens (including phenoxy) is 1. The summed E-state index contributed by atoms with van der Waals surface area (Å²) in [5.41, 5.74) is 3.79. The van der Waals surface area contributed by atoms with Crippen molar-refractivity contribution in [1.82, 2.24) is 4.98 Å². The van der Waals surface area contributed by atoms with Crippen molar-refractivity contribution >= 4 is 62.2 Å². The Hall–Kier alpha value is -3.56. The van der Waals surface area contributed by atoms with Gasteiger partial charge in [-0.2, -0.15) is 0 Å². The molecule has 2 amide bonds. The minimum absolute atomic E-state index is 0.0911. The second-order valence-electron chi connectivity index (χ2n) is 7.59. The van der Waals surface area contributed by atoms with E-state index in [1.807, 2.05) is 67.5 Å². The van der Waals surface area contributed by atoms with Crippen LogP contribution in [0.25, 0.3) is 10.2 Å². The predicted molar refractivity (Wildman–Crippen MR) is 141 cm³/mol. The van der Waals surface area contributed by atoms with Crippen LogP contribution in [0.3, 0.4) is 0 Å². The summed E-state index contributed by atoms with van der Waals surface area (Å²) in [4.78, 5) is 31.6. The van der Waals surface area contributed by atoms with E-state index >= 15 is 0 Å². The van der Waals surface area contributed by atoms with E-state index in [0.717, 1.165) is 25.9 Å². The summed E-state index contributed by atoms with van der Waals surface area (Å²) in [6.45, 7) is 0. The molecule has 4 aromatic rings. The Morgan fingerprint density at radius 1 is 1.00 bits per heavy atom. The number of benzene rings is 3. The van der Waals surface area contributed by atoms with Crippen LogP contribution in [-0.4, -0.2) is 43.8 Å². The Bertz CT molecular complexity index is 1320. The molecular formula is C25H24N4O3S2. The highest BCUT2D eigenvalue weighted by Gasteiger charge is 2.13. The van der Waals surface area contributed by atoms with Crippen LogP contribution in [0, 0.1) is 0 Å². The lowest BCUT2D eigenvalue weighted by molar-refractivity contribution is -0.113. The molecule has 4 rings (SSSR count). The molecule has 0 bridgehead atoms. The van der Waals surface area contributed by atoms with Gasteiger partial charge in [-0.3, -0.25) is 9.59 Å². The van der Waals surface area contributed by atoms with Crippen molar-refractivity contribution in [2.45, 2.75) is 4.34 Å². The first-order valence-electron chi connectivity index (χ1n) is 10.5. The Labute approximate surface area is 206 Å². The first-order valence-corrected chi connectivity index (χ1v) is 12.3. The van der Waals surface area contributed by atoms with Crippen LogP contribution in [0.5, 0.6) is 5.75 Å². The number of carbonyl (C=O) groups excluding carboxylic acids is 2. The van der Waals surface area contributed by atoms with E-state index in [0.29, 0.717) is 17.0 Å². The lowest BCUT2D eigenvalue weighted by Crippen LogP contribution is -2.14. The van der Waals surface area contributed by atoms with Crippen LogP contribution >= 0.6 is 23.1 Å². The third-order valence-corrected chi connectivity index (χ3v) is 7.13. The van der Waals surface area contributed by atoms with Gasteiger partial charge in [-0.05, 0) is 54.6 Å². The Morgan fingerprint density at radius 3 is 2.47 bits per heavy atom. The quantitative estimate of drug-likeness (QED) is 0.323. The van der Waals surface area contributed by atoms with Gasteiger partial charge >= 0.3 is 0 Å². The number of carbonyl (C=O) groups is 2. The topological polar surface area (TPSA) is 83.6 Å². The zero-order valence-corrected chi connectivity index (χ0v) is 20.6. The molecule has 0 aliphatic rings. The third-order valence-electron chi connectivity index (χ3n) is 4.97. The molecule has 0 aliphatic heterocycles. The van der Waals surface area contributed by atoms with Crippen molar-refractivity contribution in [2.24, 2.45) is 0 Å². The van der Waals surface area contributed by atoms with Gasteiger partial charge < -0.3 is 20.3 Å². The maximum absolute atomic E-state index is 12.7. The molecule has 0 saturated carbocycles. The van der Waals surface area contributed by atoms with Gasteiger partial charge in [-0.15, -0.1) is 11.3 Å². The van der Waals surface area contributed by atoms with Crippen LogP contribution in [0.15, 0.2) is 71.1 Å². The molecule has 3 aromatic carbocycles. The molecule has 0 atom stereocenters. The van der Waals surface area contributed by atoms with Crippen molar-refractivity contribution in [3.63, 3.8) is 0 Å². The number of aromatic nitrogens is 1. The second-order valence-corrected chi connectivity index (χ2v) is 9.85. The van der Waals surface area contributed by atoms with E-state index in [1.165, 1.54) is 30.2 Å². The van der Waals surface area contributed by atoms with Crippen LogP contribution in [0.4, 0.5) is 17.1 Å². The Morgan fingerprint density at radius 2 is 1.74 bits per heavy atom. The fourth-order valence-electron chi connectivity index (χ4n) is 3.24. The number of nitrogens with zero attached hydrogens (tertiary/aromatic N) is 2. The summed E-state index contributed by atoms with van der Waals surface area (Å²) in [6, 6.07) is 20.3. The summed E-state index contributed by atoms with van der Waals surface area (Å²) in [5.74, 6) is 0.439. The summed E-state index contributed by atoms with van der Waals surface area (Å²) < 4.78 is 6.99. The number of rotatable bonds is 8. The monoisotopic (exact) mass is 492 g/mol. The average Bonchev–Trinajstić information content (AvgIpc) is 3.25. The summed E-state index contributed by atoms with van der Waals surface area (Å²) in [5, 5.41) is 5.82. The van der Waals surface area contributed by atoms with E-state index in [-0.39, 0.29) is 17.6 Å². The molecule has 0 aliphatic carbocycles. The number of amides is 2. The van der Waals surface area contributed by atoms with E-state index < -0.39 is 0 Å². The number of anilines is 3. The summed E-state index contributed by atoms with van der Waals surface area (Å²) in [6.07, 6.45) is 0. The van der Waals surface area contributed by atoms with Gasteiger partial charge in [-0.25, -0.2) is 4.98 Å². The summed E-state index contributed by atoms with van der Waals surface area (Å²) in [7, 11) is 5.48. The smallest absolute Gasteiger partial charge is 0.259 e. The second kappa shape index (κ2) is 10.6. The molecule has 0 saturated heterocycles. The van der Waals surface area contributed by atoms with Crippen molar-refractivity contribution in [1.29, 1.82) is 0 Å². The highest BCUT2D eigenvalue weighted by atomic mass is 32.2. The first kappa shape index (κ1) is 23.6. The molecule has 1 heterocycles. The van der Waals surface area contributed by atoms with Crippen molar-refractivity contribution in [3.05, 3.63) is 72.3 Å². The molecule has 34 heavy (non-hydrogen) atoms. The molecule has 7 nitrogen and oxygen atoms in total. The minimum atomic E-state index is -0.244. The first-order chi connectivity index (χ1) is 16.4. The SMILES string of the molecule is COc1ccccc1C(=O)Nc1ccc2nc(SCC(=O)Nc3ccc(N(C)C)cc3)sc2c1. The highest BCUT2D eigenvalue weighted by molar-refractivity contribution is 8.01. The van der Waals surface area contributed by atoms with E-state index in [9.17, 15) is 9.59 Å². The van der Waals surface area contributed by atoms with Crippen LogP contribution < -0.4 is 20.3 Å². The molecule has 0 fully saturated rings. The zero-order chi connectivity index (χ0) is 24.1. The van der Waals surface area contributed by atoms with Gasteiger partial charge in [0.15, 0.2) is 4.34 Å². The Kier molecular flexibility index (Phi) is 7.34. The molecule has 1 aromatic heterocycles. The van der Waals surface area contributed by atoms with Crippen molar-refractivity contribution < 1.29 is 14.3 Å². The third kappa shape index (κ3) is 5.67. The molecule has 174 valence electrons. The number of para-hydroxylation sites is 1. The number of nitrogens with one attached hydrogen (secondary N) is 2. The maximum atomic E-state index is 12.7. The molecular weight excluding hydrogens is 468 g/mol. The lowest BCUT2D eigenvalue weighted by Gasteiger charge is -2.12. The fraction of sp³-hybridized carbons (Fsp3) is 0.160. The normalized spacial score (nSPS) is 10.7. The number of thiazole rings is 1. The standard InChI is InChI=1S/C25H24N4O3S2/c1-29(2)18-11-8-16(9-12-18)26-23(30)15-33-25-28-20-13-10-17(14-22(20)34-25)27-24(31)19-6-4-5-7-21(19)32-3/h4-14H,15H2,1-3H3,(H,26,30)(H,27,31). The van der Waals surface area contributed by atoms with Crippen molar-refractivity contribution in [3.8, 4) is 5.75 Å². The largest absolute Gasteiger partial charge is 0.496 e. The fourth-order valence-corrected chi connectivity index (χ4v) is 5.15. The molecule has 0 spiro atoms. The zero-order valence-electron chi connectivity index (χ0n) is 19.0. The molecule has 0 radical (unpaired) electrons. The van der Waals surface area contributed by atoms with E-state index in [2.05, 4.69) is 15.6 Å². The van der Waals surface area contributed by atoms with Crippen molar-refractivity contribution in [2.75, 3.05) is 42.5 Å². The van der Waals surface area contributed by atoms with Gasteiger partial charge in [0.2, 0.25) is 5.91 Å². The predicted octanol–water partition coefficient (Wildman–Crippen LogP) is 5.35. The van der Waals surface area contributed by atoms with Crippen LogP contribution in [0.1, 0.15) is 10.4 Å². The number of hydrogen-bond acceptors (Lipinski definition) is 7. The van der Waals surface area contributed by atoms with Gasteiger partial charge in [0.1, 0.15) is 5.75 Å². The average molecular weight is 493 g/mol. The molecule has 0 unspecified atom stereocenters. The molecule has 2 N–H and O–H groups in total. The van der Waals surface area contributed by atoms with E-state index in [4.69, 9.17) is 4.74 Å². The minimum Gasteiger partial charge on any atom is -0.496 e. The lowest BCUT2D eigenvalue weighted by atomic mass is 10.2. The van der Waals surface area contributed by atoms with Crippen LogP contribution in [-0.2, 0) is 4.79 Å². The number of hydrogen-bond donors (Lipinski definition) is 2. The van der Waals surface area contributed by atoms with Gasteiger partial charge in [-0.1, -0.05) is 23.9 Å². The van der Waals surface area contributed by atoms with Gasteiger partial charge in [0.25, 0.3) is 5.91 Å². The van der Waals surface area contributed by atoms with Crippen LogP contribution in [0.2, 0.25) is 0 Å². The Balaban J connectivity index is 1.37. The van der Waals surface area contributed by atoms with Gasteiger partial charge in [0.05, 0.1) is 28.6 Å². The molecule has 9 heteroatoms. The van der Waals surface area contributed by atoms with Gasteiger partial charge in [0, 0.05) is 31.2 Å². The number of fused-ring (bicyclic) bond motifs is 1. The number of thioether (sulfide) groups is 1. The summed E-state index contributed by atoms with van der Waals surface area (Å²) >= 11 is 2.87. The number of methoxy groups -OCH3 is 1. The van der Waals surface area contributed by atoms with E-state index in [1.54, 1.807) is 18.2 Å². The maximum Gasteiger partial charge on any atom is 0.259 e. The highest BCUT2D eigenvalue weighted by Crippen LogP contribution is 2.32.